The highest BCUT2D eigenvalue weighted by Gasteiger charge is 2.50. The van der Waals surface area contributed by atoms with Crippen molar-refractivity contribution in [1.82, 2.24) is 10.2 Å². The van der Waals surface area contributed by atoms with E-state index in [1.54, 1.807) is 6.92 Å². The monoisotopic (exact) mass is 430 g/mol. The van der Waals surface area contributed by atoms with E-state index in [9.17, 15) is 9.59 Å². The van der Waals surface area contributed by atoms with Gasteiger partial charge in [0, 0.05) is 5.56 Å². The topological polar surface area (TPSA) is 53.9 Å². The Morgan fingerprint density at radius 2 is 1.59 bits per heavy atom. The van der Waals surface area contributed by atoms with Crippen LogP contribution in [0.25, 0.3) is 10.8 Å². The number of carbonyl (C=O) groups is 2. The van der Waals surface area contributed by atoms with Crippen molar-refractivity contribution in [2.45, 2.75) is 45.2 Å². The van der Waals surface area contributed by atoms with Gasteiger partial charge in [0.1, 0.15) is 12.1 Å². The van der Waals surface area contributed by atoms with Crippen molar-refractivity contribution >= 4 is 22.7 Å². The molecule has 1 heterocycles. The lowest BCUT2D eigenvalue weighted by atomic mass is 9.87. The maximum Gasteiger partial charge on any atom is 0.329 e. The first kappa shape index (κ1) is 22.0. The average molecular weight is 431 g/mol. The summed E-state index contributed by atoms with van der Waals surface area (Å²) in [5.74, 6) is -0.208. The summed E-state index contributed by atoms with van der Waals surface area (Å²) in [4.78, 5) is 28.5. The first-order chi connectivity index (χ1) is 15.1. The molecule has 0 saturated carbocycles. The highest BCUT2D eigenvalue weighted by Crippen LogP contribution is 2.30. The molecule has 3 amide bonds. The number of hydrogen-bond donors (Lipinski definition) is 2. The zero-order valence-corrected chi connectivity index (χ0v) is 19.5. The van der Waals surface area contributed by atoms with Crippen LogP contribution >= 0.6 is 0 Å². The zero-order chi connectivity index (χ0) is 23.1. The molecule has 2 N–H and O–H groups in total. The number of quaternary nitrogens is 1. The van der Waals surface area contributed by atoms with E-state index in [4.69, 9.17) is 0 Å². The minimum atomic E-state index is -1.06. The molecular weight excluding hydrogens is 398 g/mol. The van der Waals surface area contributed by atoms with Crippen LogP contribution in [0.3, 0.4) is 0 Å². The molecule has 1 aliphatic heterocycles. The molecule has 0 aromatic heterocycles. The van der Waals surface area contributed by atoms with E-state index in [1.165, 1.54) is 16.0 Å². The van der Waals surface area contributed by atoms with Crippen LogP contribution in [0, 0.1) is 0 Å². The van der Waals surface area contributed by atoms with E-state index in [0.29, 0.717) is 6.67 Å². The van der Waals surface area contributed by atoms with E-state index in [2.05, 4.69) is 50.4 Å². The molecule has 0 bridgehead atoms. The van der Waals surface area contributed by atoms with Crippen molar-refractivity contribution in [3.8, 4) is 0 Å². The smallest absolute Gasteiger partial charge is 0.319 e. The molecule has 1 saturated heterocycles. The Hall–Kier alpha value is -3.18. The van der Waals surface area contributed by atoms with Gasteiger partial charge in [0.05, 0.1) is 7.05 Å². The summed E-state index contributed by atoms with van der Waals surface area (Å²) in [6.45, 7) is 9.43. The second-order valence-electron chi connectivity index (χ2n) is 10.1. The summed E-state index contributed by atoms with van der Waals surface area (Å²) >= 11 is 0. The number of imide groups is 1. The van der Waals surface area contributed by atoms with Gasteiger partial charge < -0.3 is 10.2 Å². The van der Waals surface area contributed by atoms with Gasteiger partial charge in [-0.25, -0.2) is 9.69 Å². The number of urea groups is 1. The molecule has 0 aliphatic carbocycles. The number of nitrogens with zero attached hydrogens (tertiary/aromatic N) is 1. The summed E-state index contributed by atoms with van der Waals surface area (Å²) in [5, 5.41) is 5.08. The van der Waals surface area contributed by atoms with Crippen LogP contribution in [0.1, 0.15) is 44.4 Å². The largest absolute Gasteiger partial charge is 0.329 e. The first-order valence-corrected chi connectivity index (χ1v) is 11.1. The number of benzene rings is 3. The van der Waals surface area contributed by atoms with E-state index >= 15 is 0 Å². The van der Waals surface area contributed by atoms with Gasteiger partial charge in [0.15, 0.2) is 6.67 Å². The summed E-state index contributed by atoms with van der Waals surface area (Å²) in [6, 6.07) is 22.2. The summed E-state index contributed by atoms with van der Waals surface area (Å²) in [5.41, 5.74) is 2.33. The zero-order valence-electron chi connectivity index (χ0n) is 19.5. The molecule has 5 nitrogen and oxygen atoms in total. The van der Waals surface area contributed by atoms with E-state index in [-0.39, 0.29) is 17.4 Å². The molecule has 5 heteroatoms. The minimum absolute atomic E-state index is 0.116. The lowest BCUT2D eigenvalue weighted by molar-refractivity contribution is -0.901. The van der Waals surface area contributed by atoms with Crippen molar-refractivity contribution in [3.63, 3.8) is 0 Å². The molecule has 2 atom stereocenters. The van der Waals surface area contributed by atoms with Crippen molar-refractivity contribution < 1.29 is 14.5 Å². The lowest BCUT2D eigenvalue weighted by Crippen LogP contribution is -3.09. The van der Waals surface area contributed by atoms with Gasteiger partial charge in [-0.3, -0.25) is 4.79 Å². The van der Waals surface area contributed by atoms with Crippen LogP contribution in [0.5, 0.6) is 0 Å². The Balaban J connectivity index is 1.48. The Labute approximate surface area is 190 Å². The molecule has 0 spiro atoms. The van der Waals surface area contributed by atoms with Crippen molar-refractivity contribution in [2.24, 2.45) is 0 Å². The van der Waals surface area contributed by atoms with E-state index in [1.807, 2.05) is 49.5 Å². The van der Waals surface area contributed by atoms with Crippen LogP contribution in [-0.4, -0.2) is 30.6 Å². The van der Waals surface area contributed by atoms with Crippen LogP contribution in [-0.2, 0) is 22.3 Å². The molecule has 3 aromatic carbocycles. The number of nitrogens with one attached hydrogen (secondary N) is 2. The van der Waals surface area contributed by atoms with Gasteiger partial charge in [0.2, 0.25) is 0 Å². The van der Waals surface area contributed by atoms with Crippen LogP contribution < -0.4 is 10.2 Å². The lowest BCUT2D eigenvalue weighted by Gasteiger charge is -2.24. The maximum absolute atomic E-state index is 13.3. The number of rotatable bonds is 5. The summed E-state index contributed by atoms with van der Waals surface area (Å²) in [7, 11) is 2.00. The van der Waals surface area contributed by atoms with Gasteiger partial charge in [-0.15, -0.1) is 0 Å². The fraction of sp³-hybridized carbons (Fsp3) is 0.333. The fourth-order valence-electron chi connectivity index (χ4n) is 4.33. The SMILES string of the molecule is C[NH+](Cc1ccc(C(C)(C)C)cc1)CN1C(=O)N[C@](C)(c2ccc3ccccc3c2)C1=O. The van der Waals surface area contributed by atoms with Crippen molar-refractivity contribution in [3.05, 3.63) is 83.4 Å². The molecule has 1 aliphatic rings. The number of carbonyl (C=O) groups excluding carboxylic acids is 2. The Bertz CT molecular complexity index is 1160. The van der Waals surface area contributed by atoms with Crippen LogP contribution in [0.15, 0.2) is 66.7 Å². The Morgan fingerprint density at radius 1 is 0.938 bits per heavy atom. The van der Waals surface area contributed by atoms with Gasteiger partial charge in [0.25, 0.3) is 5.91 Å². The Kier molecular flexibility index (Phi) is 5.55. The third-order valence-corrected chi connectivity index (χ3v) is 6.36. The predicted molar refractivity (Wildman–Crippen MR) is 127 cm³/mol. The first-order valence-electron chi connectivity index (χ1n) is 11.1. The average Bonchev–Trinajstić information content (AvgIpc) is 2.97. The van der Waals surface area contributed by atoms with Gasteiger partial charge in [-0.1, -0.05) is 81.4 Å². The third-order valence-electron chi connectivity index (χ3n) is 6.36. The molecule has 1 unspecified atom stereocenters. The molecule has 0 radical (unpaired) electrons. The van der Waals surface area contributed by atoms with Crippen LogP contribution in [0.2, 0.25) is 0 Å². The number of amides is 3. The van der Waals surface area contributed by atoms with Gasteiger partial charge >= 0.3 is 6.03 Å². The quantitative estimate of drug-likeness (QED) is 0.608. The summed E-state index contributed by atoms with van der Waals surface area (Å²) < 4.78 is 0. The molecule has 1 fully saturated rings. The molecule has 3 aromatic rings. The minimum Gasteiger partial charge on any atom is -0.319 e. The van der Waals surface area contributed by atoms with E-state index < -0.39 is 5.54 Å². The Morgan fingerprint density at radius 3 is 2.25 bits per heavy atom. The fourth-order valence-corrected chi connectivity index (χ4v) is 4.33. The maximum atomic E-state index is 13.3. The predicted octanol–water partition coefficient (Wildman–Crippen LogP) is 3.58. The second kappa shape index (κ2) is 8.06. The van der Waals surface area contributed by atoms with Crippen LogP contribution in [0.4, 0.5) is 4.79 Å². The van der Waals surface area contributed by atoms with Crippen molar-refractivity contribution in [1.29, 1.82) is 0 Å². The third kappa shape index (κ3) is 4.13. The standard InChI is InChI=1S/C27H31N3O2/c1-26(2,3)22-13-10-19(11-14-22)17-29(5)18-30-24(31)27(4,28-25(30)32)23-15-12-20-8-6-7-9-21(20)16-23/h6-16H,17-18H2,1-5H3,(H,28,32)/p+1/t27-/m1/s1. The molecule has 166 valence electrons. The molecule has 4 rings (SSSR count). The van der Waals surface area contributed by atoms with Gasteiger partial charge in [-0.2, -0.15) is 0 Å². The van der Waals surface area contributed by atoms with E-state index in [0.717, 1.165) is 27.8 Å². The highest BCUT2D eigenvalue weighted by molar-refractivity contribution is 6.07. The molecular formula is C27H32N3O2+. The number of hydrogen-bond acceptors (Lipinski definition) is 2. The number of fused-ring (bicyclic) bond motifs is 1. The highest BCUT2D eigenvalue weighted by atomic mass is 16.2. The summed E-state index contributed by atoms with van der Waals surface area (Å²) in [6.07, 6.45) is 0. The van der Waals surface area contributed by atoms with Crippen molar-refractivity contribution in [2.75, 3.05) is 13.7 Å². The second-order valence-corrected chi connectivity index (χ2v) is 10.1. The normalized spacial score (nSPS) is 20.0. The van der Waals surface area contributed by atoms with Gasteiger partial charge in [-0.05, 0) is 40.3 Å². The molecule has 32 heavy (non-hydrogen) atoms.